The zero-order valence-electron chi connectivity index (χ0n) is 15.5. The van der Waals surface area contributed by atoms with Crippen molar-refractivity contribution in [1.29, 1.82) is 0 Å². The minimum absolute atomic E-state index is 0.197. The van der Waals surface area contributed by atoms with Crippen LogP contribution in [-0.4, -0.2) is 23.0 Å². The van der Waals surface area contributed by atoms with Crippen molar-refractivity contribution >= 4 is 16.5 Å². The second-order valence-corrected chi connectivity index (χ2v) is 7.84. The lowest BCUT2D eigenvalue weighted by Gasteiger charge is -2.51. The third kappa shape index (κ3) is 2.36. The monoisotopic (exact) mass is 342 g/mol. The van der Waals surface area contributed by atoms with Gasteiger partial charge in [0, 0.05) is 35.2 Å². The molecule has 0 amide bonds. The van der Waals surface area contributed by atoms with Gasteiger partial charge in [-0.2, -0.15) is 0 Å². The predicted octanol–water partition coefficient (Wildman–Crippen LogP) is 5.64. The number of aryl methyl sites for hydroxylation is 1. The first kappa shape index (κ1) is 15.9. The Morgan fingerprint density at radius 3 is 2.38 bits per heavy atom. The highest BCUT2D eigenvalue weighted by Gasteiger charge is 2.42. The molecule has 3 aromatic rings. The summed E-state index contributed by atoms with van der Waals surface area (Å²) >= 11 is 0. The summed E-state index contributed by atoms with van der Waals surface area (Å²) < 4.78 is 0. The van der Waals surface area contributed by atoms with Gasteiger partial charge in [-0.3, -0.25) is 4.90 Å². The minimum Gasteiger partial charge on any atom is -0.355 e. The molecule has 2 heterocycles. The van der Waals surface area contributed by atoms with Crippen LogP contribution in [0.25, 0.3) is 16.5 Å². The lowest BCUT2D eigenvalue weighted by Crippen LogP contribution is -2.53. The van der Waals surface area contributed by atoms with Gasteiger partial charge in [-0.25, -0.2) is 0 Å². The third-order valence-electron chi connectivity index (χ3n) is 6.55. The van der Waals surface area contributed by atoms with Crippen molar-refractivity contribution in [3.63, 3.8) is 0 Å². The lowest BCUT2D eigenvalue weighted by molar-refractivity contribution is 0.0188. The van der Waals surface area contributed by atoms with Crippen molar-refractivity contribution in [1.82, 2.24) is 9.88 Å². The molecule has 1 fully saturated rings. The molecule has 1 saturated heterocycles. The van der Waals surface area contributed by atoms with E-state index in [1.807, 2.05) is 0 Å². The maximum Gasteiger partial charge on any atom is 0.0498 e. The SMILES string of the molecule is Cc1c(C2=CCC(c3ccccc3)(N3CCC3)CC2)[nH]c2ccccc12. The first-order valence-corrected chi connectivity index (χ1v) is 9.85. The number of hydrogen-bond acceptors (Lipinski definition) is 1. The van der Waals surface area contributed by atoms with E-state index in [4.69, 9.17) is 0 Å². The molecule has 2 nitrogen and oxygen atoms in total. The Kier molecular flexibility index (Phi) is 3.75. The van der Waals surface area contributed by atoms with Gasteiger partial charge in [0.05, 0.1) is 0 Å². The Morgan fingerprint density at radius 1 is 0.962 bits per heavy atom. The second-order valence-electron chi connectivity index (χ2n) is 7.84. The number of likely N-dealkylation sites (tertiary alicyclic amines) is 1. The Labute approximate surface area is 155 Å². The molecule has 26 heavy (non-hydrogen) atoms. The molecule has 1 aliphatic heterocycles. The van der Waals surface area contributed by atoms with Gasteiger partial charge in [0.25, 0.3) is 0 Å². The summed E-state index contributed by atoms with van der Waals surface area (Å²) in [4.78, 5) is 6.38. The quantitative estimate of drug-likeness (QED) is 0.652. The van der Waals surface area contributed by atoms with Gasteiger partial charge in [-0.05, 0) is 55.4 Å². The van der Waals surface area contributed by atoms with Crippen molar-refractivity contribution in [2.45, 2.75) is 38.1 Å². The molecule has 1 unspecified atom stereocenters. The molecule has 2 aliphatic rings. The zero-order valence-corrected chi connectivity index (χ0v) is 15.5. The lowest BCUT2D eigenvalue weighted by atomic mass is 9.74. The van der Waals surface area contributed by atoms with E-state index in [2.05, 4.69) is 77.5 Å². The molecule has 5 rings (SSSR count). The van der Waals surface area contributed by atoms with Gasteiger partial charge in [-0.15, -0.1) is 0 Å². The van der Waals surface area contributed by atoms with Crippen LogP contribution in [0, 0.1) is 6.92 Å². The number of benzene rings is 2. The number of H-pyrrole nitrogens is 1. The van der Waals surface area contributed by atoms with Crippen LogP contribution < -0.4 is 0 Å². The van der Waals surface area contributed by atoms with Crippen molar-refractivity contribution < 1.29 is 0 Å². The van der Waals surface area contributed by atoms with E-state index in [-0.39, 0.29) is 5.54 Å². The van der Waals surface area contributed by atoms with Gasteiger partial charge in [0.15, 0.2) is 0 Å². The van der Waals surface area contributed by atoms with E-state index < -0.39 is 0 Å². The smallest absolute Gasteiger partial charge is 0.0498 e. The van der Waals surface area contributed by atoms with Crippen molar-refractivity contribution in [2.24, 2.45) is 0 Å². The van der Waals surface area contributed by atoms with Gasteiger partial charge in [0.1, 0.15) is 0 Å². The van der Waals surface area contributed by atoms with Crippen LogP contribution in [0.1, 0.15) is 42.5 Å². The maximum atomic E-state index is 3.68. The summed E-state index contributed by atoms with van der Waals surface area (Å²) in [5, 5.41) is 1.35. The molecular weight excluding hydrogens is 316 g/mol. The maximum absolute atomic E-state index is 3.68. The fraction of sp³-hybridized carbons (Fsp3) is 0.333. The van der Waals surface area contributed by atoms with Gasteiger partial charge in [-0.1, -0.05) is 54.6 Å². The fourth-order valence-corrected chi connectivity index (χ4v) is 4.89. The van der Waals surface area contributed by atoms with Gasteiger partial charge >= 0.3 is 0 Å². The van der Waals surface area contributed by atoms with Crippen LogP contribution >= 0.6 is 0 Å². The summed E-state index contributed by atoms with van der Waals surface area (Å²) in [6, 6.07) is 19.8. The molecule has 2 heteroatoms. The molecule has 0 radical (unpaired) electrons. The number of aromatic amines is 1. The van der Waals surface area contributed by atoms with Crippen LogP contribution in [0.15, 0.2) is 60.7 Å². The summed E-state index contributed by atoms with van der Waals surface area (Å²) in [7, 11) is 0. The first-order chi connectivity index (χ1) is 12.8. The third-order valence-corrected chi connectivity index (χ3v) is 6.55. The molecule has 0 spiro atoms. The van der Waals surface area contributed by atoms with E-state index in [0.29, 0.717) is 0 Å². The van der Waals surface area contributed by atoms with Crippen LogP contribution in [0.2, 0.25) is 0 Å². The first-order valence-electron chi connectivity index (χ1n) is 9.85. The van der Waals surface area contributed by atoms with Crippen LogP contribution in [-0.2, 0) is 5.54 Å². The highest BCUT2D eigenvalue weighted by atomic mass is 15.2. The Balaban J connectivity index is 1.53. The number of nitrogens with zero attached hydrogens (tertiary/aromatic N) is 1. The average molecular weight is 342 g/mol. The molecular formula is C24H26N2. The van der Waals surface area contributed by atoms with Gasteiger partial charge in [0.2, 0.25) is 0 Å². The predicted molar refractivity (Wildman–Crippen MR) is 109 cm³/mol. The summed E-state index contributed by atoms with van der Waals surface area (Å²) in [6.45, 7) is 4.73. The number of nitrogens with one attached hydrogen (secondary N) is 1. The van der Waals surface area contributed by atoms with E-state index >= 15 is 0 Å². The number of fused-ring (bicyclic) bond motifs is 1. The van der Waals surface area contributed by atoms with E-state index in [9.17, 15) is 0 Å². The van der Waals surface area contributed by atoms with Crippen LogP contribution in [0.5, 0.6) is 0 Å². The molecule has 1 N–H and O–H groups in total. The largest absolute Gasteiger partial charge is 0.355 e. The van der Waals surface area contributed by atoms with Crippen molar-refractivity contribution in [3.8, 4) is 0 Å². The average Bonchev–Trinajstić information content (AvgIpc) is 2.99. The molecule has 2 aromatic carbocycles. The number of aromatic nitrogens is 1. The zero-order chi connectivity index (χ0) is 17.6. The highest BCUT2D eigenvalue weighted by molar-refractivity contribution is 5.89. The molecule has 1 atom stereocenters. The van der Waals surface area contributed by atoms with Crippen LogP contribution in [0.4, 0.5) is 0 Å². The van der Waals surface area contributed by atoms with Crippen LogP contribution in [0.3, 0.4) is 0 Å². The standard InChI is InChI=1S/C24H26N2/c1-18-21-10-5-6-11-22(21)25-23(18)19-12-14-24(15-13-19,26-16-7-17-26)20-8-3-2-4-9-20/h2-6,8-12,25H,7,13-17H2,1H3. The minimum atomic E-state index is 0.197. The van der Waals surface area contributed by atoms with Crippen molar-refractivity contribution in [2.75, 3.05) is 13.1 Å². The fourth-order valence-electron chi connectivity index (χ4n) is 4.89. The Bertz CT molecular complexity index is 962. The molecule has 132 valence electrons. The number of allylic oxidation sites excluding steroid dienone is 1. The Hall–Kier alpha value is -2.32. The van der Waals surface area contributed by atoms with E-state index in [1.54, 1.807) is 0 Å². The summed E-state index contributed by atoms with van der Waals surface area (Å²) in [5.41, 5.74) is 7.17. The molecule has 0 bridgehead atoms. The van der Waals surface area contributed by atoms with E-state index in [0.717, 1.165) is 12.8 Å². The molecule has 0 saturated carbocycles. The number of hydrogen-bond donors (Lipinski definition) is 1. The molecule has 1 aliphatic carbocycles. The number of rotatable bonds is 3. The number of para-hydroxylation sites is 1. The summed E-state index contributed by atoms with van der Waals surface area (Å²) in [5.74, 6) is 0. The topological polar surface area (TPSA) is 19.0 Å². The second kappa shape index (κ2) is 6.14. The van der Waals surface area contributed by atoms with Crippen molar-refractivity contribution in [3.05, 3.63) is 77.5 Å². The normalized spacial score (nSPS) is 23.7. The highest BCUT2D eigenvalue weighted by Crippen LogP contribution is 2.46. The Morgan fingerprint density at radius 2 is 1.73 bits per heavy atom. The molecule has 1 aromatic heterocycles. The van der Waals surface area contributed by atoms with E-state index in [1.165, 1.54) is 59.2 Å². The summed E-state index contributed by atoms with van der Waals surface area (Å²) in [6.07, 6.45) is 7.30. The van der Waals surface area contributed by atoms with Gasteiger partial charge < -0.3 is 4.98 Å².